The Morgan fingerprint density at radius 3 is 2.67 bits per heavy atom. The summed E-state index contributed by atoms with van der Waals surface area (Å²) in [5, 5.41) is 1.00. The third-order valence-corrected chi connectivity index (χ3v) is 3.80. The second-order valence-electron chi connectivity index (χ2n) is 4.25. The van der Waals surface area contributed by atoms with E-state index in [9.17, 15) is 4.79 Å². The molecule has 0 aromatic heterocycles. The first-order chi connectivity index (χ1) is 8.51. The zero-order valence-electron chi connectivity index (χ0n) is 10.6. The Balaban J connectivity index is 2.78. The third kappa shape index (κ3) is 3.61. The van der Waals surface area contributed by atoms with Gasteiger partial charge >= 0.3 is 0 Å². The van der Waals surface area contributed by atoms with E-state index in [0.29, 0.717) is 23.1 Å². The molecule has 2 N–H and O–H groups in total. The van der Waals surface area contributed by atoms with Gasteiger partial charge in [0.05, 0.1) is 16.0 Å². The van der Waals surface area contributed by atoms with Crippen LogP contribution in [-0.2, 0) is 11.3 Å². The summed E-state index contributed by atoms with van der Waals surface area (Å²) in [7, 11) is 1.75. The maximum Gasteiger partial charge on any atom is 0.226 e. The molecular formula is C13H18Cl2N2O. The number of rotatable bonds is 5. The minimum absolute atomic E-state index is 0.0380. The van der Waals surface area contributed by atoms with Crippen molar-refractivity contribution in [3.05, 3.63) is 33.8 Å². The van der Waals surface area contributed by atoms with Gasteiger partial charge in [-0.1, -0.05) is 42.3 Å². The summed E-state index contributed by atoms with van der Waals surface area (Å²) in [6.45, 7) is 2.76. The number of hydrogen-bond acceptors (Lipinski definition) is 2. The van der Waals surface area contributed by atoms with E-state index < -0.39 is 0 Å². The monoisotopic (exact) mass is 288 g/mol. The highest BCUT2D eigenvalue weighted by Gasteiger charge is 2.19. The smallest absolute Gasteiger partial charge is 0.226 e. The zero-order chi connectivity index (χ0) is 13.7. The molecule has 0 fully saturated rings. The molecule has 0 spiro atoms. The van der Waals surface area contributed by atoms with Crippen LogP contribution in [0.4, 0.5) is 0 Å². The van der Waals surface area contributed by atoms with E-state index in [1.54, 1.807) is 18.0 Å². The molecule has 1 amide bonds. The van der Waals surface area contributed by atoms with Crippen LogP contribution in [0.2, 0.25) is 10.0 Å². The highest BCUT2D eigenvalue weighted by Crippen LogP contribution is 2.26. The van der Waals surface area contributed by atoms with Gasteiger partial charge in [0.1, 0.15) is 0 Å². The maximum atomic E-state index is 12.1. The zero-order valence-corrected chi connectivity index (χ0v) is 12.1. The first-order valence-electron chi connectivity index (χ1n) is 5.89. The van der Waals surface area contributed by atoms with Gasteiger partial charge in [0, 0.05) is 20.1 Å². The van der Waals surface area contributed by atoms with Crippen molar-refractivity contribution >= 4 is 29.1 Å². The molecule has 0 heterocycles. The Kier molecular flexibility index (Phi) is 5.93. The van der Waals surface area contributed by atoms with E-state index in [2.05, 4.69) is 0 Å². The van der Waals surface area contributed by atoms with Crippen LogP contribution in [0.3, 0.4) is 0 Å². The summed E-state index contributed by atoms with van der Waals surface area (Å²) in [4.78, 5) is 13.7. The van der Waals surface area contributed by atoms with Crippen LogP contribution in [0, 0.1) is 5.92 Å². The molecule has 1 unspecified atom stereocenters. The number of nitrogens with two attached hydrogens (primary N) is 1. The number of benzene rings is 1. The quantitative estimate of drug-likeness (QED) is 0.906. The molecule has 0 bridgehead atoms. The summed E-state index contributed by atoms with van der Waals surface area (Å²) in [6.07, 6.45) is 0.739. The molecular weight excluding hydrogens is 271 g/mol. The number of hydrogen-bond donors (Lipinski definition) is 1. The van der Waals surface area contributed by atoms with Crippen molar-refractivity contribution < 1.29 is 4.79 Å². The van der Waals surface area contributed by atoms with Crippen molar-refractivity contribution in [1.29, 1.82) is 0 Å². The lowest BCUT2D eigenvalue weighted by atomic mass is 10.1. The molecule has 18 heavy (non-hydrogen) atoms. The van der Waals surface area contributed by atoms with Crippen LogP contribution in [0.15, 0.2) is 18.2 Å². The molecule has 0 aliphatic carbocycles. The first-order valence-corrected chi connectivity index (χ1v) is 6.64. The average molecular weight is 289 g/mol. The minimum atomic E-state index is -0.132. The van der Waals surface area contributed by atoms with Crippen molar-refractivity contribution in [3.63, 3.8) is 0 Å². The molecule has 0 aliphatic heterocycles. The number of halogens is 2. The Morgan fingerprint density at radius 1 is 1.44 bits per heavy atom. The normalized spacial score (nSPS) is 12.3. The predicted molar refractivity (Wildman–Crippen MR) is 75.8 cm³/mol. The summed E-state index contributed by atoms with van der Waals surface area (Å²) in [6, 6.07) is 5.41. The van der Waals surface area contributed by atoms with Crippen molar-refractivity contribution in [2.75, 3.05) is 13.6 Å². The van der Waals surface area contributed by atoms with E-state index in [1.807, 2.05) is 19.1 Å². The Bertz CT molecular complexity index is 419. The first kappa shape index (κ1) is 15.3. The Hall–Kier alpha value is -0.770. The number of nitrogens with zero attached hydrogens (tertiary/aromatic N) is 1. The molecule has 1 atom stereocenters. The fraction of sp³-hybridized carbons (Fsp3) is 0.462. The summed E-state index contributed by atoms with van der Waals surface area (Å²) in [5.74, 6) is -0.0935. The summed E-state index contributed by atoms with van der Waals surface area (Å²) < 4.78 is 0. The SMILES string of the molecule is CCC(CN)C(=O)N(C)Cc1cccc(Cl)c1Cl. The van der Waals surface area contributed by atoms with Crippen molar-refractivity contribution in [2.45, 2.75) is 19.9 Å². The molecule has 1 aromatic carbocycles. The fourth-order valence-electron chi connectivity index (χ4n) is 1.76. The van der Waals surface area contributed by atoms with E-state index in [0.717, 1.165) is 12.0 Å². The molecule has 3 nitrogen and oxygen atoms in total. The molecule has 0 saturated carbocycles. The fourth-order valence-corrected chi connectivity index (χ4v) is 2.14. The number of carbonyl (C=O) groups is 1. The van der Waals surface area contributed by atoms with Crippen LogP contribution >= 0.6 is 23.2 Å². The maximum absolute atomic E-state index is 12.1. The van der Waals surface area contributed by atoms with Crippen LogP contribution in [0.5, 0.6) is 0 Å². The second kappa shape index (κ2) is 6.98. The van der Waals surface area contributed by atoms with Crippen LogP contribution in [-0.4, -0.2) is 24.4 Å². The van der Waals surface area contributed by atoms with Gasteiger partial charge in [-0.2, -0.15) is 0 Å². The molecule has 1 rings (SSSR count). The van der Waals surface area contributed by atoms with Gasteiger partial charge < -0.3 is 10.6 Å². The average Bonchev–Trinajstić information content (AvgIpc) is 2.36. The molecule has 5 heteroatoms. The Labute approximate surface area is 118 Å². The third-order valence-electron chi connectivity index (χ3n) is 2.94. The van der Waals surface area contributed by atoms with E-state index >= 15 is 0 Å². The minimum Gasteiger partial charge on any atom is -0.341 e. The summed E-state index contributed by atoms with van der Waals surface area (Å²) in [5.41, 5.74) is 6.41. The highest BCUT2D eigenvalue weighted by atomic mass is 35.5. The second-order valence-corrected chi connectivity index (χ2v) is 5.03. The van der Waals surface area contributed by atoms with Gasteiger partial charge in [-0.3, -0.25) is 4.79 Å². The molecule has 0 radical (unpaired) electrons. The van der Waals surface area contributed by atoms with Gasteiger partial charge in [0.25, 0.3) is 0 Å². The van der Waals surface area contributed by atoms with Crippen LogP contribution in [0.1, 0.15) is 18.9 Å². The standard InChI is InChI=1S/C13H18Cl2N2O/c1-3-9(7-16)13(18)17(2)8-10-5-4-6-11(14)12(10)15/h4-6,9H,3,7-8,16H2,1-2H3. The highest BCUT2D eigenvalue weighted by molar-refractivity contribution is 6.42. The molecule has 1 aromatic rings. The van der Waals surface area contributed by atoms with E-state index in [4.69, 9.17) is 28.9 Å². The van der Waals surface area contributed by atoms with Gasteiger partial charge in [-0.15, -0.1) is 0 Å². The molecule has 100 valence electrons. The van der Waals surface area contributed by atoms with Crippen molar-refractivity contribution in [3.8, 4) is 0 Å². The van der Waals surface area contributed by atoms with E-state index in [-0.39, 0.29) is 11.8 Å². The topological polar surface area (TPSA) is 46.3 Å². The lowest BCUT2D eigenvalue weighted by molar-refractivity contribution is -0.134. The molecule has 0 aliphatic rings. The van der Waals surface area contributed by atoms with Crippen molar-refractivity contribution in [1.82, 2.24) is 4.90 Å². The summed E-state index contributed by atoms with van der Waals surface area (Å²) >= 11 is 12.0. The van der Waals surface area contributed by atoms with Crippen LogP contribution in [0.25, 0.3) is 0 Å². The molecule has 0 saturated heterocycles. The van der Waals surface area contributed by atoms with Crippen LogP contribution < -0.4 is 5.73 Å². The number of carbonyl (C=O) groups excluding carboxylic acids is 1. The van der Waals surface area contributed by atoms with Gasteiger partial charge in [0.2, 0.25) is 5.91 Å². The predicted octanol–water partition coefficient (Wildman–Crippen LogP) is 2.94. The largest absolute Gasteiger partial charge is 0.341 e. The van der Waals surface area contributed by atoms with Gasteiger partial charge in [-0.25, -0.2) is 0 Å². The lowest BCUT2D eigenvalue weighted by Crippen LogP contribution is -2.36. The lowest BCUT2D eigenvalue weighted by Gasteiger charge is -2.22. The van der Waals surface area contributed by atoms with Gasteiger partial charge in [0.15, 0.2) is 0 Å². The Morgan fingerprint density at radius 2 is 2.11 bits per heavy atom. The van der Waals surface area contributed by atoms with Crippen molar-refractivity contribution in [2.24, 2.45) is 11.7 Å². The van der Waals surface area contributed by atoms with Gasteiger partial charge in [-0.05, 0) is 18.1 Å². The number of amides is 1. The van der Waals surface area contributed by atoms with E-state index in [1.165, 1.54) is 0 Å².